The van der Waals surface area contributed by atoms with Crippen molar-refractivity contribution in [3.63, 3.8) is 0 Å². The molecule has 0 atom stereocenters. The molecule has 0 spiro atoms. The van der Waals surface area contributed by atoms with Crippen molar-refractivity contribution in [3.05, 3.63) is 58.9 Å². The Morgan fingerprint density at radius 1 is 1.00 bits per heavy atom. The lowest BCUT2D eigenvalue weighted by Crippen LogP contribution is -2.09. The van der Waals surface area contributed by atoms with Crippen molar-refractivity contribution in [2.45, 2.75) is 20.3 Å². The number of rotatable bonds is 4. The van der Waals surface area contributed by atoms with Gasteiger partial charge in [0.2, 0.25) is 0 Å². The van der Waals surface area contributed by atoms with Crippen molar-refractivity contribution in [1.82, 2.24) is 0 Å². The Hall–Kier alpha value is -2.73. The largest absolute Gasteiger partial charge is 0.478 e. The lowest BCUT2D eigenvalue weighted by molar-refractivity contribution is 0.0696. The SMILES string of the molecule is CCCO.Cc1c(C(=O)O)ccc(-c2ccc(F)cc2)c1C(=O)O. The summed E-state index contributed by atoms with van der Waals surface area (Å²) in [5.41, 5.74) is 0.903. The van der Waals surface area contributed by atoms with E-state index in [1.807, 2.05) is 6.92 Å². The van der Waals surface area contributed by atoms with E-state index in [0.717, 1.165) is 6.42 Å². The number of hydrogen-bond donors (Lipinski definition) is 3. The summed E-state index contributed by atoms with van der Waals surface area (Å²) in [6.07, 6.45) is 0.875. The van der Waals surface area contributed by atoms with Gasteiger partial charge in [-0.05, 0) is 48.2 Å². The van der Waals surface area contributed by atoms with Crippen LogP contribution < -0.4 is 0 Å². The maximum absolute atomic E-state index is 12.9. The molecular formula is C18H19FO5. The number of benzene rings is 2. The number of aromatic carboxylic acids is 2. The lowest BCUT2D eigenvalue weighted by atomic mass is 9.92. The van der Waals surface area contributed by atoms with Crippen molar-refractivity contribution in [2.24, 2.45) is 0 Å². The maximum Gasteiger partial charge on any atom is 0.336 e. The Balaban J connectivity index is 0.000000648. The quantitative estimate of drug-likeness (QED) is 0.794. The van der Waals surface area contributed by atoms with Gasteiger partial charge >= 0.3 is 11.9 Å². The zero-order chi connectivity index (χ0) is 18.3. The van der Waals surface area contributed by atoms with E-state index >= 15 is 0 Å². The Kier molecular flexibility index (Phi) is 7.07. The summed E-state index contributed by atoms with van der Waals surface area (Å²) in [6, 6.07) is 8.13. The van der Waals surface area contributed by atoms with E-state index in [-0.39, 0.29) is 16.7 Å². The molecule has 5 nitrogen and oxygen atoms in total. The van der Waals surface area contributed by atoms with E-state index in [9.17, 15) is 19.1 Å². The van der Waals surface area contributed by atoms with Crippen molar-refractivity contribution < 1.29 is 29.3 Å². The van der Waals surface area contributed by atoms with Gasteiger partial charge < -0.3 is 15.3 Å². The van der Waals surface area contributed by atoms with E-state index in [4.69, 9.17) is 10.2 Å². The summed E-state index contributed by atoms with van der Waals surface area (Å²) in [5.74, 6) is -2.83. The van der Waals surface area contributed by atoms with Crippen LogP contribution in [0, 0.1) is 12.7 Å². The minimum atomic E-state index is -1.22. The molecule has 2 aromatic carbocycles. The number of halogens is 1. The van der Waals surface area contributed by atoms with E-state index in [1.165, 1.54) is 43.3 Å². The average Bonchev–Trinajstić information content (AvgIpc) is 2.54. The summed E-state index contributed by atoms with van der Waals surface area (Å²) in [4.78, 5) is 22.4. The summed E-state index contributed by atoms with van der Waals surface area (Å²) in [5, 5.41) is 26.2. The molecule has 6 heteroatoms. The molecule has 0 aromatic heterocycles. The molecule has 0 amide bonds. The molecule has 0 aliphatic rings. The van der Waals surface area contributed by atoms with Gasteiger partial charge in [0, 0.05) is 6.61 Å². The standard InChI is InChI=1S/C15H11FO4.C3H8O/c1-8-11(14(17)18)6-7-12(13(8)15(19)20)9-2-4-10(16)5-3-9;1-2-3-4/h2-7H,1H3,(H,17,18)(H,19,20);4H,2-3H2,1H3. The molecule has 0 unspecified atom stereocenters. The van der Waals surface area contributed by atoms with Crippen LogP contribution in [-0.4, -0.2) is 33.9 Å². The molecule has 2 rings (SSSR count). The van der Waals surface area contributed by atoms with Crippen molar-refractivity contribution in [2.75, 3.05) is 6.61 Å². The first kappa shape index (κ1) is 19.3. The molecule has 0 fully saturated rings. The van der Waals surface area contributed by atoms with Crippen LogP contribution in [0.15, 0.2) is 36.4 Å². The molecule has 0 aliphatic heterocycles. The molecule has 0 heterocycles. The molecular weight excluding hydrogens is 315 g/mol. The van der Waals surface area contributed by atoms with Crippen LogP contribution in [0.5, 0.6) is 0 Å². The molecule has 2 aromatic rings. The van der Waals surface area contributed by atoms with Gasteiger partial charge in [0.15, 0.2) is 0 Å². The Morgan fingerprint density at radius 2 is 1.54 bits per heavy atom. The van der Waals surface area contributed by atoms with Crippen LogP contribution in [0.2, 0.25) is 0 Å². The van der Waals surface area contributed by atoms with Crippen molar-refractivity contribution >= 4 is 11.9 Å². The van der Waals surface area contributed by atoms with E-state index in [1.54, 1.807) is 0 Å². The molecule has 3 N–H and O–H groups in total. The van der Waals surface area contributed by atoms with Crippen LogP contribution in [0.4, 0.5) is 4.39 Å². The molecule has 0 radical (unpaired) electrons. The predicted octanol–water partition coefficient (Wildman–Crippen LogP) is 3.59. The van der Waals surface area contributed by atoms with Gasteiger partial charge in [-0.15, -0.1) is 0 Å². The molecule has 128 valence electrons. The van der Waals surface area contributed by atoms with E-state index in [0.29, 0.717) is 17.7 Å². The minimum Gasteiger partial charge on any atom is -0.478 e. The van der Waals surface area contributed by atoms with E-state index in [2.05, 4.69) is 0 Å². The molecule has 0 bridgehead atoms. The second kappa shape index (κ2) is 8.79. The summed E-state index contributed by atoms with van der Waals surface area (Å²) in [6.45, 7) is 3.69. The summed E-state index contributed by atoms with van der Waals surface area (Å²) >= 11 is 0. The summed E-state index contributed by atoms with van der Waals surface area (Å²) < 4.78 is 12.9. The number of hydrogen-bond acceptors (Lipinski definition) is 3. The van der Waals surface area contributed by atoms with Gasteiger partial charge in [-0.25, -0.2) is 14.0 Å². The highest BCUT2D eigenvalue weighted by Gasteiger charge is 2.20. The van der Waals surface area contributed by atoms with Crippen molar-refractivity contribution in [3.8, 4) is 11.1 Å². The first-order valence-corrected chi connectivity index (χ1v) is 7.30. The lowest BCUT2D eigenvalue weighted by Gasteiger charge is -2.11. The monoisotopic (exact) mass is 334 g/mol. The zero-order valence-corrected chi connectivity index (χ0v) is 13.4. The predicted molar refractivity (Wildman–Crippen MR) is 87.9 cm³/mol. The second-order valence-electron chi connectivity index (χ2n) is 5.00. The Bertz CT molecular complexity index is 721. The van der Waals surface area contributed by atoms with Gasteiger partial charge in [0.1, 0.15) is 5.82 Å². The summed E-state index contributed by atoms with van der Waals surface area (Å²) in [7, 11) is 0. The fourth-order valence-electron chi connectivity index (χ4n) is 2.09. The number of aliphatic hydroxyl groups excluding tert-OH is 1. The topological polar surface area (TPSA) is 94.8 Å². The number of carbonyl (C=O) groups is 2. The van der Waals surface area contributed by atoms with Crippen LogP contribution in [0.25, 0.3) is 11.1 Å². The average molecular weight is 334 g/mol. The highest BCUT2D eigenvalue weighted by atomic mass is 19.1. The van der Waals surface area contributed by atoms with Crippen LogP contribution in [0.3, 0.4) is 0 Å². The molecule has 0 aliphatic carbocycles. The fraction of sp³-hybridized carbons (Fsp3) is 0.222. The molecule has 24 heavy (non-hydrogen) atoms. The van der Waals surface area contributed by atoms with Gasteiger partial charge in [-0.3, -0.25) is 0 Å². The van der Waals surface area contributed by atoms with Crippen LogP contribution in [-0.2, 0) is 0 Å². The molecule has 0 saturated carbocycles. The number of carboxylic acid groups (broad SMARTS) is 2. The first-order valence-electron chi connectivity index (χ1n) is 7.30. The smallest absolute Gasteiger partial charge is 0.336 e. The van der Waals surface area contributed by atoms with Gasteiger partial charge in [-0.2, -0.15) is 0 Å². The second-order valence-corrected chi connectivity index (χ2v) is 5.00. The fourth-order valence-corrected chi connectivity index (χ4v) is 2.09. The zero-order valence-electron chi connectivity index (χ0n) is 13.4. The Morgan fingerprint density at radius 3 is 1.96 bits per heavy atom. The minimum absolute atomic E-state index is 0.0618. The highest BCUT2D eigenvalue weighted by Crippen LogP contribution is 2.28. The van der Waals surface area contributed by atoms with Crippen molar-refractivity contribution in [1.29, 1.82) is 0 Å². The van der Waals surface area contributed by atoms with E-state index < -0.39 is 17.8 Å². The third kappa shape index (κ3) is 4.63. The van der Waals surface area contributed by atoms with Crippen LogP contribution >= 0.6 is 0 Å². The first-order chi connectivity index (χ1) is 11.3. The Labute approximate surface area is 139 Å². The van der Waals surface area contributed by atoms with Crippen LogP contribution in [0.1, 0.15) is 39.6 Å². The number of carboxylic acids is 2. The van der Waals surface area contributed by atoms with Gasteiger partial charge in [0.25, 0.3) is 0 Å². The highest BCUT2D eigenvalue weighted by molar-refractivity contribution is 6.02. The third-order valence-electron chi connectivity index (χ3n) is 3.29. The maximum atomic E-state index is 12.9. The molecule has 0 saturated heterocycles. The number of aliphatic hydroxyl groups is 1. The van der Waals surface area contributed by atoms with Gasteiger partial charge in [0.05, 0.1) is 11.1 Å². The normalized spacial score (nSPS) is 9.83. The third-order valence-corrected chi connectivity index (χ3v) is 3.29. The van der Waals surface area contributed by atoms with Gasteiger partial charge in [-0.1, -0.05) is 25.1 Å².